The molecule has 7 aliphatic rings. The molecule has 4 aliphatic carbocycles. The van der Waals surface area contributed by atoms with Crippen LogP contribution in [-0.2, 0) is 60.8 Å². The molecule has 0 radical (unpaired) electrons. The molecule has 5 heterocycles. The van der Waals surface area contributed by atoms with Gasteiger partial charge in [-0.05, 0) is 178 Å². The molecule has 0 amide bonds. The Morgan fingerprint density at radius 2 is 0.898 bits per heavy atom. The molecule has 8 nitrogen and oxygen atoms in total. The molecule has 3 atom stereocenters. The molecule has 3 aliphatic heterocycles. The van der Waals surface area contributed by atoms with Crippen LogP contribution in [0.2, 0.25) is 0 Å². The molecule has 59 heavy (non-hydrogen) atoms. The minimum Gasteiger partial charge on any atom is -0.408 e. The van der Waals surface area contributed by atoms with Gasteiger partial charge in [-0.1, -0.05) is 24.3 Å². The first-order chi connectivity index (χ1) is 29.2. The Morgan fingerprint density at radius 1 is 0.492 bits per heavy atom. The summed E-state index contributed by atoms with van der Waals surface area (Å²) in [6, 6.07) is 18.2. The number of hydrogen-bond donors (Lipinski definition) is 0. The first-order valence-corrected chi connectivity index (χ1v) is 25.0. The number of nitrogens with zero attached hydrogens (tertiary/aromatic N) is 1. The molecule has 13 rings (SSSR count). The highest BCUT2D eigenvalue weighted by atomic mass is 31.1. The van der Waals surface area contributed by atoms with Crippen molar-refractivity contribution >= 4 is 60.3 Å². The average Bonchev–Trinajstić information content (AvgIpc) is 3.68. The van der Waals surface area contributed by atoms with Crippen LogP contribution in [0, 0.1) is 0 Å². The number of rotatable bonds is 3. The van der Waals surface area contributed by atoms with Crippen molar-refractivity contribution in [1.29, 1.82) is 0 Å². The fourth-order valence-corrected chi connectivity index (χ4v) is 15.5. The summed E-state index contributed by atoms with van der Waals surface area (Å²) >= 11 is 0. The van der Waals surface area contributed by atoms with Gasteiger partial charge in [0.05, 0.1) is 25.4 Å². The van der Waals surface area contributed by atoms with Gasteiger partial charge in [0.1, 0.15) is 22.3 Å². The van der Waals surface area contributed by atoms with Crippen LogP contribution in [0.15, 0.2) is 65.3 Å². The maximum absolute atomic E-state index is 7.30. The van der Waals surface area contributed by atoms with Gasteiger partial charge in [-0.25, -0.2) is 0 Å². The van der Waals surface area contributed by atoms with E-state index in [2.05, 4.69) is 53.2 Å². The molecule has 10 heteroatoms. The van der Waals surface area contributed by atoms with Crippen molar-refractivity contribution in [3.05, 3.63) is 93.0 Å². The van der Waals surface area contributed by atoms with Crippen molar-refractivity contribution in [2.75, 3.05) is 17.9 Å². The van der Waals surface area contributed by atoms with Gasteiger partial charge < -0.3 is 26.3 Å². The van der Waals surface area contributed by atoms with Crippen LogP contribution in [0.25, 0.3) is 43.9 Å². The lowest BCUT2D eigenvalue weighted by Gasteiger charge is -2.41. The molecule has 1 spiro atoms. The number of fused-ring (bicyclic) bond motifs is 16. The fourth-order valence-electron chi connectivity index (χ4n) is 12.5. The largest absolute Gasteiger partial charge is 0.408 e. The Hall–Kier alpha value is -3.48. The minimum absolute atomic E-state index is 0.0730. The van der Waals surface area contributed by atoms with Gasteiger partial charge >= 0.3 is 16.4 Å². The second-order valence-corrected chi connectivity index (χ2v) is 20.8. The van der Waals surface area contributed by atoms with Crippen molar-refractivity contribution < 1.29 is 30.8 Å². The summed E-state index contributed by atoms with van der Waals surface area (Å²) in [4.78, 5) is 0. The Bertz CT molecular complexity index is 2610. The summed E-state index contributed by atoms with van der Waals surface area (Å²) < 4.78 is 51.4. The Labute approximate surface area is 346 Å². The molecular formula is C49H53NO7P2. The topological polar surface area (TPSA) is 83.5 Å². The van der Waals surface area contributed by atoms with E-state index in [-0.39, 0.29) is 18.2 Å². The lowest BCUT2D eigenvalue weighted by molar-refractivity contribution is -0.177. The molecule has 2 bridgehead atoms. The highest BCUT2D eigenvalue weighted by Crippen LogP contribution is 2.54. The van der Waals surface area contributed by atoms with Crippen LogP contribution in [0.5, 0.6) is 0 Å². The van der Waals surface area contributed by atoms with Gasteiger partial charge in [-0.2, -0.15) is 4.67 Å². The monoisotopic (exact) mass is 829 g/mol. The molecule has 0 N–H and O–H groups in total. The Balaban J connectivity index is 0.973. The maximum atomic E-state index is 7.30. The second kappa shape index (κ2) is 14.3. The molecule has 3 fully saturated rings. The van der Waals surface area contributed by atoms with Crippen molar-refractivity contribution in [2.45, 2.75) is 146 Å². The molecule has 306 valence electrons. The summed E-state index contributed by atoms with van der Waals surface area (Å²) in [6.45, 7) is 1.23. The zero-order chi connectivity index (χ0) is 38.7. The van der Waals surface area contributed by atoms with Gasteiger partial charge in [-0.15, -0.1) is 0 Å². The van der Waals surface area contributed by atoms with Crippen LogP contribution in [0.1, 0.15) is 115 Å². The lowest BCUT2D eigenvalue weighted by atomic mass is 9.84. The molecule has 2 aromatic heterocycles. The Morgan fingerprint density at radius 3 is 1.34 bits per heavy atom. The van der Waals surface area contributed by atoms with E-state index in [4.69, 9.17) is 30.8 Å². The van der Waals surface area contributed by atoms with Crippen LogP contribution in [-0.4, -0.2) is 37.2 Å². The van der Waals surface area contributed by atoms with Crippen LogP contribution in [0.4, 0.5) is 0 Å². The van der Waals surface area contributed by atoms with Crippen molar-refractivity contribution in [3.8, 4) is 0 Å². The average molecular weight is 830 g/mol. The van der Waals surface area contributed by atoms with Gasteiger partial charge in [0.25, 0.3) is 0 Å². The van der Waals surface area contributed by atoms with E-state index < -0.39 is 22.2 Å². The molecule has 0 saturated carbocycles. The molecule has 1 unspecified atom stereocenters. The van der Waals surface area contributed by atoms with Crippen molar-refractivity contribution in [3.63, 3.8) is 0 Å². The summed E-state index contributed by atoms with van der Waals surface area (Å²) in [5.74, 6) is -0.630. The number of piperidine rings is 1. The highest BCUT2D eigenvalue weighted by Gasteiger charge is 2.58. The number of aryl methyl sites for hydroxylation is 8. The van der Waals surface area contributed by atoms with E-state index in [0.29, 0.717) is 19.6 Å². The maximum Gasteiger partial charge on any atom is 0.387 e. The molecular weight excluding hydrogens is 776 g/mol. The van der Waals surface area contributed by atoms with E-state index >= 15 is 0 Å². The molecule has 4 aromatic carbocycles. The standard InChI is InChI=1S/C49H53NO7P2/c1-5-13-35-30(9-1)17-21-40-45(35)46-36-14-6-2-10-31(36)18-22-41(46)54-58(53-40)50-34-27-44(39(50)29-49(28-34)51-25-26-52-49)57-59-55-42-23-19-32-11-3-7-15-37(32)47(42)48-38-16-8-4-12-33(38)20-24-43(48)56-59/h17-24,34,39,44H,1-16,25-29H2/t34-,39-,44?/m1/s1. The van der Waals surface area contributed by atoms with Gasteiger partial charge in [0, 0.05) is 40.4 Å². The molecule has 6 aromatic rings. The van der Waals surface area contributed by atoms with E-state index in [1.807, 2.05) is 0 Å². The normalized spacial score (nSPS) is 24.7. The van der Waals surface area contributed by atoms with E-state index in [1.165, 1.54) is 117 Å². The van der Waals surface area contributed by atoms with E-state index in [0.717, 1.165) is 86.5 Å². The van der Waals surface area contributed by atoms with Crippen molar-refractivity contribution in [2.24, 2.45) is 0 Å². The smallest absolute Gasteiger partial charge is 0.387 e. The summed E-state index contributed by atoms with van der Waals surface area (Å²) in [6.07, 6.45) is 20.7. The number of ether oxygens (including phenoxy) is 2. The third-order valence-electron chi connectivity index (χ3n) is 15.1. The quantitative estimate of drug-likeness (QED) is 0.174. The fraction of sp³-hybridized carbons (Fsp3) is 0.510. The second-order valence-electron chi connectivity index (χ2n) is 18.5. The third-order valence-corrected chi connectivity index (χ3v) is 18.0. The van der Waals surface area contributed by atoms with Gasteiger partial charge in [0.2, 0.25) is 0 Å². The summed E-state index contributed by atoms with van der Waals surface area (Å²) in [5.41, 5.74) is 15.5. The van der Waals surface area contributed by atoms with Gasteiger partial charge in [-0.3, -0.25) is 4.52 Å². The number of hydrogen-bond acceptors (Lipinski definition) is 8. The summed E-state index contributed by atoms with van der Waals surface area (Å²) in [7, 11) is -3.32. The summed E-state index contributed by atoms with van der Waals surface area (Å²) in [5, 5.41) is 5.10. The highest BCUT2D eigenvalue weighted by molar-refractivity contribution is 7.39. The SMILES string of the molecule is c1cc2op(OC3C[C@@H]4CC5(C[C@H]3N4p3oc4ccc6c(c4c4c7c(ccc4o3)CCCC7)CCCC6)OCCO5)oc3ccc4c(c3c2c2c1CCCC2)CCCC4. The molecule has 3 saturated heterocycles. The van der Waals surface area contributed by atoms with Crippen LogP contribution in [0.3, 0.4) is 0 Å². The zero-order valence-electron chi connectivity index (χ0n) is 33.9. The van der Waals surface area contributed by atoms with E-state index in [1.54, 1.807) is 0 Å². The number of benzene rings is 4. The van der Waals surface area contributed by atoms with Crippen molar-refractivity contribution in [1.82, 2.24) is 0 Å². The predicted molar refractivity (Wildman–Crippen MR) is 234 cm³/mol. The first-order valence-electron chi connectivity index (χ1n) is 22.8. The van der Waals surface area contributed by atoms with Gasteiger partial charge in [0.15, 0.2) is 5.79 Å². The first kappa shape index (κ1) is 36.2. The zero-order valence-corrected chi connectivity index (χ0v) is 35.7. The Kier molecular flexibility index (Phi) is 8.77. The van der Waals surface area contributed by atoms with E-state index in [9.17, 15) is 0 Å². The van der Waals surface area contributed by atoms with Crippen LogP contribution >= 0.6 is 16.4 Å². The lowest BCUT2D eigenvalue weighted by Crippen LogP contribution is -2.52. The third kappa shape index (κ3) is 5.91. The minimum atomic E-state index is -1.78. The predicted octanol–water partition coefficient (Wildman–Crippen LogP) is 12.5. The van der Waals surface area contributed by atoms with Crippen LogP contribution < -0.4 is 9.19 Å².